The van der Waals surface area contributed by atoms with Crippen molar-refractivity contribution in [2.75, 3.05) is 32.8 Å². The Kier molecular flexibility index (Phi) is 37.8. The number of carboxylic acids is 1. The molecule has 3 N–H and O–H groups in total. The van der Waals surface area contributed by atoms with Gasteiger partial charge < -0.3 is 15.3 Å². The Hall–Kier alpha value is -0.650. The Morgan fingerprint density at radius 3 is 1.03 bits per heavy atom. The molecule has 0 amide bonds. The number of hydrogen-bond acceptors (Lipinski definition) is 4. The van der Waals surface area contributed by atoms with Crippen molar-refractivity contribution in [2.45, 2.75) is 174 Å². The molecule has 0 atom stereocenters. The van der Waals surface area contributed by atoms with Crippen molar-refractivity contribution in [1.82, 2.24) is 4.90 Å². The molecule has 0 unspecified atom stereocenters. The van der Waals surface area contributed by atoms with Gasteiger partial charge in [-0.05, 0) is 19.4 Å². The maximum atomic E-state index is 10.3. The lowest BCUT2D eigenvalue weighted by Crippen LogP contribution is -2.30. The van der Waals surface area contributed by atoms with Crippen LogP contribution in [0.5, 0.6) is 0 Å². The fourth-order valence-electron chi connectivity index (χ4n) is 4.91. The van der Waals surface area contributed by atoms with Gasteiger partial charge in [-0.15, -0.1) is 0 Å². The summed E-state index contributed by atoms with van der Waals surface area (Å²) in [6.07, 6.45) is 32.2. The van der Waals surface area contributed by atoms with Crippen molar-refractivity contribution in [1.29, 1.82) is 0 Å². The van der Waals surface area contributed by atoms with Crippen LogP contribution in [0.25, 0.3) is 0 Å². The van der Waals surface area contributed by atoms with Crippen LogP contribution in [-0.2, 0) is 4.79 Å². The molecule has 0 aliphatic heterocycles. The molecule has 5 nitrogen and oxygen atoms in total. The van der Waals surface area contributed by atoms with Gasteiger partial charge in [-0.1, -0.05) is 155 Å². The topological polar surface area (TPSA) is 81.0 Å². The van der Waals surface area contributed by atoms with E-state index in [0.717, 1.165) is 19.4 Å². The zero-order chi connectivity index (χ0) is 28.4. The Balaban J connectivity index is 0. The second-order valence-electron chi connectivity index (χ2n) is 11.2. The van der Waals surface area contributed by atoms with Gasteiger partial charge in [0.25, 0.3) is 0 Å². The van der Waals surface area contributed by atoms with E-state index in [1.165, 1.54) is 141 Å². The Morgan fingerprint density at radius 1 is 0.447 bits per heavy atom. The van der Waals surface area contributed by atoms with E-state index in [1.807, 2.05) is 0 Å². The van der Waals surface area contributed by atoms with Gasteiger partial charge in [-0.2, -0.15) is 0 Å². The van der Waals surface area contributed by atoms with Crippen molar-refractivity contribution in [3.05, 3.63) is 0 Å². The number of carboxylic acid groups (broad SMARTS) is 1. The second-order valence-corrected chi connectivity index (χ2v) is 11.2. The van der Waals surface area contributed by atoms with Crippen LogP contribution in [0, 0.1) is 0 Å². The van der Waals surface area contributed by atoms with Crippen LogP contribution in [0.4, 0.5) is 0 Å². The van der Waals surface area contributed by atoms with Gasteiger partial charge in [0.1, 0.15) is 0 Å². The molecule has 230 valence electrons. The minimum Gasteiger partial charge on any atom is -0.481 e. The molecule has 0 saturated carbocycles. The second kappa shape index (κ2) is 36.4. The molecular weight excluding hydrogens is 474 g/mol. The average molecular weight is 544 g/mol. The van der Waals surface area contributed by atoms with Crippen molar-refractivity contribution in [3.8, 4) is 0 Å². The number of aliphatic hydroxyl groups excluding tert-OH is 2. The van der Waals surface area contributed by atoms with Crippen LogP contribution in [0.1, 0.15) is 174 Å². The van der Waals surface area contributed by atoms with Crippen LogP contribution < -0.4 is 0 Å². The summed E-state index contributed by atoms with van der Waals surface area (Å²) < 4.78 is 0. The van der Waals surface area contributed by atoms with Gasteiger partial charge in [-0.3, -0.25) is 9.69 Å². The normalized spacial score (nSPS) is 11.1. The van der Waals surface area contributed by atoms with Crippen molar-refractivity contribution in [3.63, 3.8) is 0 Å². The Bertz CT molecular complexity index is 427. The summed E-state index contributed by atoms with van der Waals surface area (Å²) in [5, 5.41) is 26.3. The molecule has 0 saturated heterocycles. The largest absolute Gasteiger partial charge is 0.481 e. The van der Waals surface area contributed by atoms with E-state index >= 15 is 0 Å². The molecule has 0 aliphatic rings. The highest BCUT2D eigenvalue weighted by atomic mass is 16.4. The molecule has 0 aromatic carbocycles. The van der Waals surface area contributed by atoms with E-state index < -0.39 is 5.97 Å². The van der Waals surface area contributed by atoms with Crippen LogP contribution in [-0.4, -0.2) is 59.0 Å². The molecule has 0 fully saturated rings. The molecule has 0 aromatic heterocycles. The lowest BCUT2D eigenvalue weighted by atomic mass is 10.0. The van der Waals surface area contributed by atoms with Crippen LogP contribution in [0.15, 0.2) is 0 Å². The van der Waals surface area contributed by atoms with E-state index in [1.54, 1.807) is 0 Å². The van der Waals surface area contributed by atoms with Gasteiger partial charge in [0.2, 0.25) is 0 Å². The lowest BCUT2D eigenvalue weighted by molar-refractivity contribution is -0.137. The standard InChI is InChI=1S/C17H34O2.C16H35NO2/c1-2-3-4-5-6-7-8-9-10-11-12-13-14-15-16-17(18)19;1-2-3-4-5-6-7-8-9-10-11-12-17(13-15-18)14-16-19/h2-16H2,1H3,(H,18,19);18-19H,2-16H2,1H3. The number of aliphatic carboxylic acids is 1. The first-order valence-electron chi connectivity index (χ1n) is 16.8. The number of rotatable bonds is 30. The number of hydrogen-bond donors (Lipinski definition) is 3. The number of carbonyl (C=O) groups is 1. The van der Waals surface area contributed by atoms with Crippen LogP contribution in [0.2, 0.25) is 0 Å². The maximum Gasteiger partial charge on any atom is 0.303 e. The van der Waals surface area contributed by atoms with Gasteiger partial charge in [0.15, 0.2) is 0 Å². The molecule has 38 heavy (non-hydrogen) atoms. The summed E-state index contributed by atoms with van der Waals surface area (Å²) in [5.74, 6) is -0.654. The molecule has 0 spiro atoms. The van der Waals surface area contributed by atoms with E-state index in [0.29, 0.717) is 19.5 Å². The first kappa shape index (κ1) is 39.5. The lowest BCUT2D eigenvalue weighted by Gasteiger charge is -2.19. The summed E-state index contributed by atoms with van der Waals surface area (Å²) in [6, 6.07) is 0. The minimum atomic E-state index is -0.654. The first-order valence-corrected chi connectivity index (χ1v) is 16.8. The quantitative estimate of drug-likeness (QED) is 0.0787. The molecule has 0 aliphatic carbocycles. The Labute approximate surface area is 238 Å². The summed E-state index contributed by atoms with van der Waals surface area (Å²) in [5.41, 5.74) is 0. The summed E-state index contributed by atoms with van der Waals surface area (Å²) in [4.78, 5) is 12.5. The number of unbranched alkanes of at least 4 members (excludes halogenated alkanes) is 22. The van der Waals surface area contributed by atoms with E-state index in [-0.39, 0.29) is 13.2 Å². The van der Waals surface area contributed by atoms with Crippen LogP contribution >= 0.6 is 0 Å². The molecule has 0 heterocycles. The van der Waals surface area contributed by atoms with Crippen molar-refractivity contribution < 1.29 is 20.1 Å². The predicted molar refractivity (Wildman–Crippen MR) is 165 cm³/mol. The zero-order valence-corrected chi connectivity index (χ0v) is 25.9. The third-order valence-electron chi connectivity index (χ3n) is 7.40. The predicted octanol–water partition coefficient (Wildman–Crippen LogP) is 9.14. The molecule has 0 rings (SSSR count). The number of aliphatic hydroxyl groups is 2. The zero-order valence-electron chi connectivity index (χ0n) is 25.9. The fourth-order valence-corrected chi connectivity index (χ4v) is 4.91. The smallest absolute Gasteiger partial charge is 0.303 e. The third-order valence-corrected chi connectivity index (χ3v) is 7.40. The minimum absolute atomic E-state index is 0.192. The highest BCUT2D eigenvalue weighted by molar-refractivity contribution is 5.66. The molecule has 5 heteroatoms. The summed E-state index contributed by atoms with van der Waals surface area (Å²) in [6.45, 7) is 7.31. The van der Waals surface area contributed by atoms with Gasteiger partial charge in [0.05, 0.1) is 13.2 Å². The monoisotopic (exact) mass is 544 g/mol. The van der Waals surface area contributed by atoms with Crippen LogP contribution in [0.3, 0.4) is 0 Å². The molecular formula is C33H69NO4. The maximum absolute atomic E-state index is 10.3. The highest BCUT2D eigenvalue weighted by Gasteiger charge is 2.02. The van der Waals surface area contributed by atoms with E-state index in [4.69, 9.17) is 15.3 Å². The van der Waals surface area contributed by atoms with E-state index in [9.17, 15) is 4.79 Å². The van der Waals surface area contributed by atoms with Gasteiger partial charge in [0, 0.05) is 19.5 Å². The van der Waals surface area contributed by atoms with Gasteiger partial charge in [-0.25, -0.2) is 0 Å². The fraction of sp³-hybridized carbons (Fsp3) is 0.970. The number of nitrogens with zero attached hydrogens (tertiary/aromatic N) is 1. The average Bonchev–Trinajstić information content (AvgIpc) is 2.90. The Morgan fingerprint density at radius 2 is 0.737 bits per heavy atom. The molecule has 0 bridgehead atoms. The van der Waals surface area contributed by atoms with Crippen molar-refractivity contribution in [2.24, 2.45) is 0 Å². The van der Waals surface area contributed by atoms with Crippen molar-refractivity contribution >= 4 is 5.97 Å². The molecule has 0 aromatic rings. The first-order chi connectivity index (χ1) is 18.6. The van der Waals surface area contributed by atoms with E-state index in [2.05, 4.69) is 18.7 Å². The third kappa shape index (κ3) is 37.5. The SMILES string of the molecule is CCCCCCCCCCCCCCCCC(=O)O.CCCCCCCCCCCCN(CCO)CCO. The van der Waals surface area contributed by atoms with Gasteiger partial charge >= 0.3 is 5.97 Å². The summed E-state index contributed by atoms with van der Waals surface area (Å²) >= 11 is 0. The highest BCUT2D eigenvalue weighted by Crippen LogP contribution is 2.13. The summed E-state index contributed by atoms with van der Waals surface area (Å²) in [7, 11) is 0. The molecule has 0 radical (unpaired) electrons.